The number of hydrogen-bond acceptors (Lipinski definition) is 5. The first-order valence-corrected chi connectivity index (χ1v) is 9.06. The Labute approximate surface area is 117 Å². The molecule has 1 fully saturated rings. The summed E-state index contributed by atoms with van der Waals surface area (Å²) in [7, 11) is -2.85. The first-order chi connectivity index (χ1) is 9.07. The Morgan fingerprint density at radius 2 is 1.95 bits per heavy atom. The van der Waals surface area contributed by atoms with Crippen LogP contribution in [0.25, 0.3) is 0 Å². The van der Waals surface area contributed by atoms with Crippen molar-refractivity contribution in [2.45, 2.75) is 51.9 Å². The van der Waals surface area contributed by atoms with Gasteiger partial charge in [0.1, 0.15) is 9.84 Å². The number of ether oxygens (including phenoxy) is 2. The molecule has 0 spiro atoms. The molecular weight excluding hydrogens is 266 g/mol. The second kappa shape index (κ2) is 8.89. The van der Waals surface area contributed by atoms with Crippen LogP contribution in [-0.2, 0) is 19.3 Å². The van der Waals surface area contributed by atoms with Crippen molar-refractivity contribution in [2.75, 3.05) is 31.3 Å². The van der Waals surface area contributed by atoms with E-state index in [4.69, 9.17) is 9.47 Å². The lowest BCUT2D eigenvalue weighted by Gasteiger charge is -2.21. The summed E-state index contributed by atoms with van der Waals surface area (Å²) in [6.45, 7) is 6.08. The predicted octanol–water partition coefficient (Wildman–Crippen LogP) is 1.33. The third-order valence-corrected chi connectivity index (χ3v) is 5.09. The molecule has 1 heterocycles. The largest absolute Gasteiger partial charge is 0.350 e. The fourth-order valence-electron chi connectivity index (χ4n) is 2.12. The quantitative estimate of drug-likeness (QED) is 0.658. The van der Waals surface area contributed by atoms with Crippen LogP contribution in [0.5, 0.6) is 0 Å². The predicted molar refractivity (Wildman–Crippen MR) is 76.0 cm³/mol. The number of hydrogen-bond donors (Lipinski definition) is 1. The van der Waals surface area contributed by atoms with Gasteiger partial charge in [-0.05, 0) is 25.8 Å². The van der Waals surface area contributed by atoms with Crippen LogP contribution in [0.4, 0.5) is 0 Å². The van der Waals surface area contributed by atoms with Crippen molar-refractivity contribution in [1.82, 2.24) is 5.32 Å². The van der Waals surface area contributed by atoms with Crippen molar-refractivity contribution in [3.05, 3.63) is 0 Å². The van der Waals surface area contributed by atoms with Crippen LogP contribution in [0, 0.1) is 0 Å². The highest BCUT2D eigenvalue weighted by Gasteiger charge is 2.21. The Hall–Kier alpha value is -0.170. The van der Waals surface area contributed by atoms with Crippen molar-refractivity contribution in [1.29, 1.82) is 0 Å². The van der Waals surface area contributed by atoms with E-state index >= 15 is 0 Å². The minimum Gasteiger partial charge on any atom is -0.350 e. The summed E-state index contributed by atoms with van der Waals surface area (Å²) in [4.78, 5) is 0. The topological polar surface area (TPSA) is 64.6 Å². The molecule has 6 heteroatoms. The molecule has 0 aliphatic carbocycles. The zero-order valence-corrected chi connectivity index (χ0v) is 12.9. The van der Waals surface area contributed by atoms with Gasteiger partial charge in [-0.25, -0.2) is 8.42 Å². The summed E-state index contributed by atoms with van der Waals surface area (Å²) in [5.41, 5.74) is 0. The van der Waals surface area contributed by atoms with Gasteiger partial charge in [0.05, 0.1) is 19.0 Å². The van der Waals surface area contributed by atoms with Gasteiger partial charge < -0.3 is 14.8 Å². The van der Waals surface area contributed by atoms with E-state index in [1.54, 1.807) is 6.92 Å². The van der Waals surface area contributed by atoms with Gasteiger partial charge in [-0.15, -0.1) is 0 Å². The summed E-state index contributed by atoms with van der Waals surface area (Å²) < 4.78 is 33.8. The van der Waals surface area contributed by atoms with Crippen LogP contribution in [0.1, 0.15) is 39.5 Å². The van der Waals surface area contributed by atoms with E-state index in [0.717, 1.165) is 25.8 Å². The molecule has 1 rings (SSSR count). The van der Waals surface area contributed by atoms with Crippen LogP contribution in [0.15, 0.2) is 0 Å². The smallest absolute Gasteiger partial charge is 0.159 e. The molecule has 114 valence electrons. The molecule has 1 atom stereocenters. The number of nitrogens with one attached hydrogen (secondary N) is 1. The summed E-state index contributed by atoms with van der Waals surface area (Å²) in [6.07, 6.45) is 3.28. The Kier molecular flexibility index (Phi) is 7.90. The number of sulfone groups is 1. The average molecular weight is 293 g/mol. The van der Waals surface area contributed by atoms with Crippen molar-refractivity contribution >= 4 is 9.84 Å². The van der Waals surface area contributed by atoms with Gasteiger partial charge in [0, 0.05) is 18.2 Å². The zero-order chi connectivity index (χ0) is 14.1. The van der Waals surface area contributed by atoms with Crippen LogP contribution >= 0.6 is 0 Å². The molecule has 0 radical (unpaired) electrons. The summed E-state index contributed by atoms with van der Waals surface area (Å²) in [5, 5.41) is 3.45. The van der Waals surface area contributed by atoms with E-state index < -0.39 is 9.84 Å². The first kappa shape index (κ1) is 16.9. The minimum absolute atomic E-state index is 0.128. The van der Waals surface area contributed by atoms with Crippen molar-refractivity contribution in [3.63, 3.8) is 0 Å². The molecular formula is C13H27NO4S. The molecule has 0 bridgehead atoms. The second-order valence-corrected chi connectivity index (χ2v) is 7.41. The standard InChI is InChI=1S/C13H27NO4S/c1-3-7-14-12(11-13-17-8-9-18-13)6-5-10-19(15,16)4-2/h12-14H,3-11H2,1-2H3. The Morgan fingerprint density at radius 1 is 1.26 bits per heavy atom. The maximum absolute atomic E-state index is 11.5. The third kappa shape index (κ3) is 7.25. The molecule has 19 heavy (non-hydrogen) atoms. The molecule has 1 aliphatic rings. The molecule has 5 nitrogen and oxygen atoms in total. The van der Waals surface area contributed by atoms with Crippen LogP contribution in [0.3, 0.4) is 0 Å². The third-order valence-electron chi connectivity index (χ3n) is 3.30. The van der Waals surface area contributed by atoms with Gasteiger partial charge in [-0.3, -0.25) is 0 Å². The highest BCUT2D eigenvalue weighted by Crippen LogP contribution is 2.14. The molecule has 0 saturated carbocycles. The average Bonchev–Trinajstić information content (AvgIpc) is 2.88. The minimum atomic E-state index is -2.85. The zero-order valence-electron chi connectivity index (χ0n) is 12.1. The molecule has 1 saturated heterocycles. The van der Waals surface area contributed by atoms with Gasteiger partial charge in [-0.2, -0.15) is 0 Å². The summed E-state index contributed by atoms with van der Waals surface area (Å²) >= 11 is 0. The van der Waals surface area contributed by atoms with Crippen molar-refractivity contribution < 1.29 is 17.9 Å². The van der Waals surface area contributed by atoms with Crippen LogP contribution in [-0.4, -0.2) is 52.0 Å². The lowest BCUT2D eigenvalue weighted by Crippen LogP contribution is -2.34. The second-order valence-electron chi connectivity index (χ2n) is 4.94. The number of rotatable bonds is 10. The maximum Gasteiger partial charge on any atom is 0.159 e. The monoisotopic (exact) mass is 293 g/mol. The van der Waals surface area contributed by atoms with Crippen molar-refractivity contribution in [2.24, 2.45) is 0 Å². The van der Waals surface area contributed by atoms with E-state index in [2.05, 4.69) is 12.2 Å². The van der Waals surface area contributed by atoms with Gasteiger partial charge in [-0.1, -0.05) is 13.8 Å². The fourth-order valence-corrected chi connectivity index (χ4v) is 3.02. The SMILES string of the molecule is CCCNC(CCCS(=O)(=O)CC)CC1OCCO1. The van der Waals surface area contributed by atoms with Gasteiger partial charge in [0.25, 0.3) is 0 Å². The molecule has 0 aromatic rings. The highest BCUT2D eigenvalue weighted by atomic mass is 32.2. The lowest BCUT2D eigenvalue weighted by molar-refractivity contribution is -0.0531. The lowest BCUT2D eigenvalue weighted by atomic mass is 10.1. The van der Waals surface area contributed by atoms with E-state index in [1.807, 2.05) is 0 Å². The van der Waals surface area contributed by atoms with E-state index in [0.29, 0.717) is 19.6 Å². The maximum atomic E-state index is 11.5. The first-order valence-electron chi connectivity index (χ1n) is 7.24. The van der Waals surface area contributed by atoms with Gasteiger partial charge in [0.2, 0.25) is 0 Å². The van der Waals surface area contributed by atoms with Crippen LogP contribution in [0.2, 0.25) is 0 Å². The molecule has 0 amide bonds. The Morgan fingerprint density at radius 3 is 2.53 bits per heavy atom. The van der Waals surface area contributed by atoms with Gasteiger partial charge >= 0.3 is 0 Å². The fraction of sp³-hybridized carbons (Fsp3) is 1.00. The normalized spacial score (nSPS) is 18.8. The highest BCUT2D eigenvalue weighted by molar-refractivity contribution is 7.91. The molecule has 0 aromatic carbocycles. The van der Waals surface area contributed by atoms with Crippen molar-refractivity contribution in [3.8, 4) is 0 Å². The van der Waals surface area contributed by atoms with Gasteiger partial charge in [0.15, 0.2) is 6.29 Å². The summed E-state index contributed by atoms with van der Waals surface area (Å²) in [5.74, 6) is 0.509. The van der Waals surface area contributed by atoms with E-state index in [9.17, 15) is 8.42 Å². The Bertz CT molecular complexity index is 326. The molecule has 1 unspecified atom stereocenters. The van der Waals surface area contributed by atoms with E-state index in [1.165, 1.54) is 0 Å². The molecule has 0 aromatic heterocycles. The summed E-state index contributed by atoms with van der Waals surface area (Å²) in [6, 6.07) is 0.273. The van der Waals surface area contributed by atoms with Crippen LogP contribution < -0.4 is 5.32 Å². The Balaban J connectivity index is 2.31. The molecule has 1 aliphatic heterocycles. The van der Waals surface area contributed by atoms with E-state index in [-0.39, 0.29) is 23.8 Å². The molecule has 1 N–H and O–H groups in total.